The van der Waals surface area contributed by atoms with Gasteiger partial charge in [0.25, 0.3) is 0 Å². The number of carbonyl (C=O) groups is 2. The predicted octanol–water partition coefficient (Wildman–Crippen LogP) is 3.42. The van der Waals surface area contributed by atoms with Gasteiger partial charge in [-0.1, -0.05) is 39.0 Å². The van der Waals surface area contributed by atoms with Gasteiger partial charge < -0.3 is 9.90 Å². The van der Waals surface area contributed by atoms with E-state index in [0.717, 1.165) is 57.7 Å². The van der Waals surface area contributed by atoms with Crippen molar-refractivity contribution >= 4 is 12.3 Å². The molecule has 94 valence electrons. The first kappa shape index (κ1) is 15.1. The van der Waals surface area contributed by atoms with Gasteiger partial charge in [0.05, 0.1) is 0 Å². The van der Waals surface area contributed by atoms with Gasteiger partial charge in [0.2, 0.25) is 0 Å². The molecular formula is C13H24O3. The lowest BCUT2D eigenvalue weighted by Gasteiger charge is -2.06. The molecule has 0 bridgehead atoms. The van der Waals surface area contributed by atoms with E-state index in [9.17, 15) is 9.59 Å². The second kappa shape index (κ2) is 10.7. The van der Waals surface area contributed by atoms with Crippen LogP contribution in [0.3, 0.4) is 0 Å². The summed E-state index contributed by atoms with van der Waals surface area (Å²) < 4.78 is 0. The van der Waals surface area contributed by atoms with E-state index in [1.54, 1.807) is 0 Å². The third-order valence-electron chi connectivity index (χ3n) is 2.93. The number of hydrogen-bond donors (Lipinski definition) is 1. The molecule has 0 fully saturated rings. The third kappa shape index (κ3) is 9.69. The molecule has 0 aromatic heterocycles. The Morgan fingerprint density at radius 1 is 1.12 bits per heavy atom. The van der Waals surface area contributed by atoms with Crippen LogP contribution in [0.15, 0.2) is 0 Å². The van der Waals surface area contributed by atoms with E-state index in [1.807, 2.05) is 6.92 Å². The zero-order chi connectivity index (χ0) is 12.2. The van der Waals surface area contributed by atoms with E-state index < -0.39 is 5.97 Å². The lowest BCUT2D eigenvalue weighted by Crippen LogP contribution is -1.99. The molecule has 0 heterocycles. The molecule has 0 rings (SSSR count). The van der Waals surface area contributed by atoms with Crippen molar-refractivity contribution in [2.75, 3.05) is 0 Å². The Labute approximate surface area is 98.2 Å². The number of carboxylic acids is 1. The summed E-state index contributed by atoms with van der Waals surface area (Å²) in [6.45, 7) is 2.05. The average molecular weight is 228 g/mol. The van der Waals surface area contributed by atoms with Gasteiger partial charge in [0.1, 0.15) is 6.29 Å². The highest BCUT2D eigenvalue weighted by Gasteiger charge is 2.03. The minimum Gasteiger partial charge on any atom is -0.481 e. The molecule has 0 saturated heterocycles. The van der Waals surface area contributed by atoms with Crippen LogP contribution < -0.4 is 0 Å². The van der Waals surface area contributed by atoms with Crippen molar-refractivity contribution in [3.8, 4) is 0 Å². The fourth-order valence-electron chi connectivity index (χ4n) is 1.76. The van der Waals surface area contributed by atoms with Gasteiger partial charge in [0.15, 0.2) is 0 Å². The van der Waals surface area contributed by atoms with Gasteiger partial charge in [-0.2, -0.15) is 0 Å². The molecule has 0 amide bonds. The van der Waals surface area contributed by atoms with E-state index in [1.165, 1.54) is 0 Å². The molecule has 0 aromatic carbocycles. The van der Waals surface area contributed by atoms with Crippen molar-refractivity contribution < 1.29 is 14.7 Å². The molecule has 1 N–H and O–H groups in total. The van der Waals surface area contributed by atoms with Crippen molar-refractivity contribution in [1.82, 2.24) is 0 Å². The highest BCUT2D eigenvalue weighted by atomic mass is 16.4. The number of unbranched alkanes of at least 4 members (excludes halogenated alkanes) is 5. The normalized spacial score (nSPS) is 12.3. The number of aliphatic carboxylic acids is 1. The van der Waals surface area contributed by atoms with Crippen molar-refractivity contribution in [3.05, 3.63) is 0 Å². The molecule has 3 heteroatoms. The van der Waals surface area contributed by atoms with Crippen LogP contribution in [-0.4, -0.2) is 17.4 Å². The maximum Gasteiger partial charge on any atom is 0.303 e. The molecular weight excluding hydrogens is 204 g/mol. The van der Waals surface area contributed by atoms with Gasteiger partial charge >= 0.3 is 5.97 Å². The van der Waals surface area contributed by atoms with Crippen molar-refractivity contribution in [3.63, 3.8) is 0 Å². The molecule has 0 saturated carbocycles. The first-order valence-corrected chi connectivity index (χ1v) is 6.37. The molecule has 0 aliphatic carbocycles. The monoisotopic (exact) mass is 228 g/mol. The van der Waals surface area contributed by atoms with E-state index >= 15 is 0 Å². The van der Waals surface area contributed by atoms with Crippen LogP contribution in [0.1, 0.15) is 64.7 Å². The summed E-state index contributed by atoms with van der Waals surface area (Å²) in [7, 11) is 0. The van der Waals surface area contributed by atoms with Gasteiger partial charge in [0, 0.05) is 12.3 Å². The Bertz CT molecular complexity index is 190. The van der Waals surface area contributed by atoms with E-state index in [2.05, 4.69) is 0 Å². The molecule has 0 aliphatic heterocycles. The Kier molecular flexibility index (Phi) is 10.1. The van der Waals surface area contributed by atoms with Gasteiger partial charge in [-0.25, -0.2) is 0 Å². The highest BCUT2D eigenvalue weighted by Crippen LogP contribution is 2.13. The predicted molar refractivity (Wildman–Crippen MR) is 64.4 cm³/mol. The molecule has 0 radical (unpaired) electrons. The average Bonchev–Trinajstić information content (AvgIpc) is 2.27. The standard InChI is InChI=1S/C13H24O3/c1-2-12(11-14)9-7-5-3-4-6-8-10-13(15)16/h11-12H,2-10H2,1H3,(H,15,16). The third-order valence-corrected chi connectivity index (χ3v) is 2.93. The van der Waals surface area contributed by atoms with E-state index in [0.29, 0.717) is 6.42 Å². The largest absolute Gasteiger partial charge is 0.481 e. The smallest absolute Gasteiger partial charge is 0.303 e. The maximum atomic E-state index is 10.5. The Morgan fingerprint density at radius 2 is 1.69 bits per heavy atom. The fraction of sp³-hybridized carbons (Fsp3) is 0.846. The SMILES string of the molecule is CCC(C=O)CCCCCCCCC(=O)O. The molecule has 3 nitrogen and oxygen atoms in total. The van der Waals surface area contributed by atoms with Gasteiger partial charge in [-0.15, -0.1) is 0 Å². The molecule has 0 aliphatic rings. The van der Waals surface area contributed by atoms with Gasteiger partial charge in [-0.3, -0.25) is 4.79 Å². The Balaban J connectivity index is 3.15. The zero-order valence-electron chi connectivity index (χ0n) is 10.3. The molecule has 1 atom stereocenters. The first-order valence-electron chi connectivity index (χ1n) is 6.37. The summed E-state index contributed by atoms with van der Waals surface area (Å²) in [5.74, 6) is -0.455. The molecule has 0 aromatic rings. The number of carboxylic acid groups (broad SMARTS) is 1. The molecule has 1 unspecified atom stereocenters. The van der Waals surface area contributed by atoms with Crippen molar-refractivity contribution in [2.45, 2.75) is 64.7 Å². The topological polar surface area (TPSA) is 54.4 Å². The number of hydrogen-bond acceptors (Lipinski definition) is 2. The van der Waals surface area contributed by atoms with Crippen LogP contribution in [0.5, 0.6) is 0 Å². The van der Waals surface area contributed by atoms with Crippen molar-refractivity contribution in [1.29, 1.82) is 0 Å². The second-order valence-corrected chi connectivity index (χ2v) is 4.36. The van der Waals surface area contributed by atoms with E-state index in [-0.39, 0.29) is 5.92 Å². The van der Waals surface area contributed by atoms with Gasteiger partial charge in [-0.05, 0) is 19.3 Å². The van der Waals surface area contributed by atoms with Crippen LogP contribution in [0, 0.1) is 5.92 Å². The van der Waals surface area contributed by atoms with Crippen LogP contribution in [0.4, 0.5) is 0 Å². The second-order valence-electron chi connectivity index (χ2n) is 4.36. The number of rotatable bonds is 11. The number of aldehydes is 1. The summed E-state index contributed by atoms with van der Waals surface area (Å²) in [6.07, 6.45) is 9.68. The minimum atomic E-state index is -0.697. The Hall–Kier alpha value is -0.860. The van der Waals surface area contributed by atoms with Crippen molar-refractivity contribution in [2.24, 2.45) is 5.92 Å². The summed E-state index contributed by atoms with van der Waals surface area (Å²) >= 11 is 0. The minimum absolute atomic E-state index is 0.243. The molecule has 16 heavy (non-hydrogen) atoms. The maximum absolute atomic E-state index is 10.5. The fourth-order valence-corrected chi connectivity index (χ4v) is 1.76. The van der Waals surface area contributed by atoms with Crippen LogP contribution in [-0.2, 0) is 9.59 Å². The highest BCUT2D eigenvalue weighted by molar-refractivity contribution is 5.66. The summed E-state index contributed by atoms with van der Waals surface area (Å²) in [5.41, 5.74) is 0. The van der Waals surface area contributed by atoms with E-state index in [4.69, 9.17) is 5.11 Å². The lowest BCUT2D eigenvalue weighted by atomic mass is 9.99. The first-order chi connectivity index (χ1) is 7.70. The van der Waals surface area contributed by atoms with Crippen LogP contribution in [0.25, 0.3) is 0 Å². The quantitative estimate of drug-likeness (QED) is 0.435. The zero-order valence-corrected chi connectivity index (χ0v) is 10.3. The number of carbonyl (C=O) groups excluding carboxylic acids is 1. The van der Waals surface area contributed by atoms with Crippen LogP contribution in [0.2, 0.25) is 0 Å². The Morgan fingerprint density at radius 3 is 2.19 bits per heavy atom. The lowest BCUT2D eigenvalue weighted by molar-refractivity contribution is -0.137. The summed E-state index contributed by atoms with van der Waals surface area (Å²) in [6, 6.07) is 0. The molecule has 0 spiro atoms. The summed E-state index contributed by atoms with van der Waals surface area (Å²) in [5, 5.41) is 8.44. The van der Waals surface area contributed by atoms with Crippen LogP contribution >= 0.6 is 0 Å². The summed E-state index contributed by atoms with van der Waals surface area (Å²) in [4.78, 5) is 20.8.